The first-order chi connectivity index (χ1) is 9.93. The summed E-state index contributed by atoms with van der Waals surface area (Å²) in [7, 11) is 1.09. The van der Waals surface area contributed by atoms with Gasteiger partial charge in [0.25, 0.3) is 5.43 Å². The molecule has 0 atom stereocenters. The summed E-state index contributed by atoms with van der Waals surface area (Å²) in [6.07, 6.45) is -1.85. The molecule has 0 aliphatic rings. The Morgan fingerprint density at radius 2 is 2.14 bits per heavy atom. The van der Waals surface area contributed by atoms with Gasteiger partial charge in [-0.05, 0) is 12.1 Å². The van der Waals surface area contributed by atoms with Gasteiger partial charge in [-0.3, -0.25) is 14.8 Å². The van der Waals surface area contributed by atoms with E-state index in [-0.39, 0.29) is 21.6 Å². The van der Waals surface area contributed by atoms with Crippen molar-refractivity contribution in [3.63, 3.8) is 0 Å². The van der Waals surface area contributed by atoms with Crippen LogP contribution < -0.4 is 15.1 Å². The normalized spacial score (nSPS) is 10.3. The number of nitrogens with zero attached hydrogens (tertiary/aromatic N) is 1. The number of benzene rings is 1. The molecule has 1 aromatic carbocycles. The van der Waals surface area contributed by atoms with E-state index in [0.717, 1.165) is 7.11 Å². The molecule has 0 unspecified atom stereocenters. The van der Waals surface area contributed by atoms with Crippen LogP contribution in [0.1, 0.15) is 5.69 Å². The van der Waals surface area contributed by atoms with Gasteiger partial charge in [0.05, 0.1) is 17.4 Å². The molecule has 0 amide bonds. The Morgan fingerprint density at radius 3 is 2.76 bits per heavy atom. The van der Waals surface area contributed by atoms with Crippen molar-refractivity contribution in [3.8, 4) is 5.75 Å². The Labute approximate surface area is 116 Å². The van der Waals surface area contributed by atoms with Gasteiger partial charge in [0.15, 0.2) is 5.75 Å². The molecule has 0 saturated heterocycles. The first-order valence-electron chi connectivity index (χ1n) is 5.60. The molecule has 0 aliphatic heterocycles. The SMILES string of the molecule is COC(=O)Oc1cccc2c(=O)c(CC(=O)O)[n+]([O-])oc12. The van der Waals surface area contributed by atoms with Crippen molar-refractivity contribution in [1.29, 1.82) is 0 Å². The fourth-order valence-electron chi connectivity index (χ4n) is 1.67. The van der Waals surface area contributed by atoms with E-state index < -0.39 is 29.7 Å². The number of rotatable bonds is 3. The summed E-state index contributed by atoms with van der Waals surface area (Å²) >= 11 is 0. The zero-order valence-electron chi connectivity index (χ0n) is 10.7. The third kappa shape index (κ3) is 2.76. The minimum absolute atomic E-state index is 0.0836. The molecule has 1 N–H and O–H groups in total. The van der Waals surface area contributed by atoms with Gasteiger partial charge in [-0.1, -0.05) is 6.07 Å². The number of para-hydroxylation sites is 1. The van der Waals surface area contributed by atoms with Gasteiger partial charge in [-0.25, -0.2) is 4.79 Å². The minimum Gasteiger partial charge on any atom is -0.481 e. The van der Waals surface area contributed by atoms with Gasteiger partial charge in [0, 0.05) is 0 Å². The molecule has 0 fully saturated rings. The summed E-state index contributed by atoms with van der Waals surface area (Å²) in [5.41, 5.74) is -1.67. The number of fused-ring (bicyclic) bond motifs is 1. The molecule has 0 bridgehead atoms. The quantitative estimate of drug-likeness (QED) is 0.482. The zero-order chi connectivity index (χ0) is 15.6. The smallest absolute Gasteiger partial charge is 0.481 e. The molecule has 110 valence electrons. The van der Waals surface area contributed by atoms with Crippen molar-refractivity contribution >= 4 is 23.1 Å². The summed E-state index contributed by atoms with van der Waals surface area (Å²) in [6, 6.07) is 3.99. The van der Waals surface area contributed by atoms with Crippen LogP contribution in [-0.2, 0) is 16.0 Å². The van der Waals surface area contributed by atoms with Crippen LogP contribution in [0.2, 0.25) is 0 Å². The number of aromatic nitrogens is 1. The number of hydrogen-bond donors (Lipinski definition) is 1. The van der Waals surface area contributed by atoms with Gasteiger partial charge >= 0.3 is 17.8 Å². The summed E-state index contributed by atoms with van der Waals surface area (Å²) in [4.78, 5) is 33.6. The Balaban J connectivity index is 2.65. The topological polar surface area (TPSA) is 130 Å². The monoisotopic (exact) mass is 295 g/mol. The van der Waals surface area contributed by atoms with Crippen LogP contribution in [0.15, 0.2) is 27.5 Å². The molecular weight excluding hydrogens is 286 g/mol. The molecule has 9 heteroatoms. The third-order valence-electron chi connectivity index (χ3n) is 2.56. The minimum atomic E-state index is -1.35. The molecular formula is C12H9NO8. The maximum Gasteiger partial charge on any atom is 0.513 e. The first kappa shape index (κ1) is 14.3. The lowest BCUT2D eigenvalue weighted by molar-refractivity contribution is -0.799. The average Bonchev–Trinajstić information content (AvgIpc) is 2.44. The second-order valence-electron chi connectivity index (χ2n) is 3.88. The van der Waals surface area contributed by atoms with Crippen LogP contribution in [0.4, 0.5) is 4.79 Å². The summed E-state index contributed by atoms with van der Waals surface area (Å²) in [6.45, 7) is 0. The molecule has 1 heterocycles. The number of carbonyl (C=O) groups is 2. The largest absolute Gasteiger partial charge is 0.513 e. The van der Waals surface area contributed by atoms with E-state index in [1.54, 1.807) is 0 Å². The highest BCUT2D eigenvalue weighted by Crippen LogP contribution is 2.22. The zero-order valence-corrected chi connectivity index (χ0v) is 10.7. The van der Waals surface area contributed by atoms with E-state index in [2.05, 4.69) is 4.74 Å². The number of methoxy groups -OCH3 is 1. The van der Waals surface area contributed by atoms with Crippen LogP contribution in [0.5, 0.6) is 5.75 Å². The Bertz CT molecular complexity index is 779. The highest BCUT2D eigenvalue weighted by molar-refractivity contribution is 5.84. The van der Waals surface area contributed by atoms with Crippen molar-refractivity contribution in [2.24, 2.45) is 0 Å². The molecule has 1 aromatic heterocycles. The van der Waals surface area contributed by atoms with E-state index in [1.165, 1.54) is 18.2 Å². The second kappa shape index (κ2) is 5.49. The van der Waals surface area contributed by atoms with Crippen molar-refractivity contribution in [1.82, 2.24) is 0 Å². The lowest BCUT2D eigenvalue weighted by Gasteiger charge is -2.07. The van der Waals surface area contributed by atoms with Crippen molar-refractivity contribution in [3.05, 3.63) is 39.3 Å². The highest BCUT2D eigenvalue weighted by atomic mass is 16.7. The number of carbonyl (C=O) groups excluding carboxylic acids is 1. The van der Waals surface area contributed by atoms with Gasteiger partial charge in [0.2, 0.25) is 0 Å². The fourth-order valence-corrected chi connectivity index (χ4v) is 1.67. The summed E-state index contributed by atoms with van der Waals surface area (Å²) in [5.74, 6) is -1.55. The highest BCUT2D eigenvalue weighted by Gasteiger charge is 2.22. The van der Waals surface area contributed by atoms with E-state index in [4.69, 9.17) is 14.4 Å². The second-order valence-corrected chi connectivity index (χ2v) is 3.88. The van der Waals surface area contributed by atoms with E-state index in [9.17, 15) is 19.6 Å². The number of hydrogen-bond acceptors (Lipinski definition) is 7. The Kier molecular flexibility index (Phi) is 3.74. The van der Waals surface area contributed by atoms with Crippen LogP contribution in [0.3, 0.4) is 0 Å². The standard InChI is InChI=1S/C12H9NO8/c1-19-12(17)20-8-4-2-3-6-10(16)7(5-9(14)15)13(18)21-11(6)8/h2-4H,5H2,1H3,(H,14,15). The first-order valence-corrected chi connectivity index (χ1v) is 5.60. The van der Waals surface area contributed by atoms with Crippen molar-refractivity contribution in [2.45, 2.75) is 6.42 Å². The number of ether oxygens (including phenoxy) is 2. The molecule has 0 aliphatic carbocycles. The van der Waals surface area contributed by atoms with Gasteiger partial charge < -0.3 is 19.1 Å². The van der Waals surface area contributed by atoms with Gasteiger partial charge in [-0.15, -0.1) is 0 Å². The predicted molar refractivity (Wildman–Crippen MR) is 65.8 cm³/mol. The van der Waals surface area contributed by atoms with Crippen molar-refractivity contribution in [2.75, 3.05) is 7.11 Å². The van der Waals surface area contributed by atoms with E-state index in [1.807, 2.05) is 0 Å². The molecule has 0 spiro atoms. The third-order valence-corrected chi connectivity index (χ3v) is 2.56. The van der Waals surface area contributed by atoms with E-state index >= 15 is 0 Å². The lowest BCUT2D eigenvalue weighted by atomic mass is 10.2. The molecule has 0 saturated carbocycles. The van der Waals surface area contributed by atoms with Gasteiger partial charge in [0.1, 0.15) is 12.0 Å². The molecule has 9 nitrogen and oxygen atoms in total. The Morgan fingerprint density at radius 1 is 1.43 bits per heavy atom. The van der Waals surface area contributed by atoms with E-state index in [0.29, 0.717) is 0 Å². The molecule has 0 radical (unpaired) electrons. The molecule has 2 aromatic rings. The van der Waals surface area contributed by atoms with Crippen molar-refractivity contribution < 1.29 is 33.6 Å². The van der Waals surface area contributed by atoms with Crippen LogP contribution in [0.25, 0.3) is 11.0 Å². The van der Waals surface area contributed by atoms with Crippen LogP contribution in [-0.4, -0.2) is 24.3 Å². The summed E-state index contributed by atoms with van der Waals surface area (Å²) in [5, 5.41) is 20.2. The number of carboxylic acids is 1. The number of carboxylic acid groups (broad SMARTS) is 1. The predicted octanol–water partition coefficient (Wildman–Crippen LogP) is 0.199. The Hall–Kier alpha value is -3.10. The fraction of sp³-hybridized carbons (Fsp3) is 0.167. The average molecular weight is 295 g/mol. The number of aliphatic carboxylic acids is 1. The molecule has 2 rings (SSSR count). The maximum atomic E-state index is 12.1. The lowest BCUT2D eigenvalue weighted by Crippen LogP contribution is -2.39. The summed E-state index contributed by atoms with van der Waals surface area (Å²) < 4.78 is 13.9. The van der Waals surface area contributed by atoms with Crippen LogP contribution in [0, 0.1) is 5.21 Å². The maximum absolute atomic E-state index is 12.1. The van der Waals surface area contributed by atoms with Gasteiger partial charge in [-0.2, -0.15) is 0 Å². The molecule has 21 heavy (non-hydrogen) atoms. The van der Waals surface area contributed by atoms with Crippen LogP contribution >= 0.6 is 0 Å².